The van der Waals surface area contributed by atoms with Crippen LogP contribution in [0.4, 0.5) is 5.69 Å². The SMILES string of the molecule is O=C1CC(CO)CN1c1cccc(OCc2ccccc2)c1. The van der Waals surface area contributed by atoms with Crippen molar-refractivity contribution in [2.45, 2.75) is 13.0 Å². The molecule has 0 spiro atoms. The molecule has 0 radical (unpaired) electrons. The summed E-state index contributed by atoms with van der Waals surface area (Å²) in [5, 5.41) is 9.21. The Morgan fingerprint density at radius 1 is 1.14 bits per heavy atom. The zero-order chi connectivity index (χ0) is 15.4. The molecule has 1 amide bonds. The van der Waals surface area contributed by atoms with Gasteiger partial charge in [0.2, 0.25) is 5.91 Å². The molecule has 0 aromatic heterocycles. The molecule has 1 unspecified atom stereocenters. The number of anilines is 1. The van der Waals surface area contributed by atoms with E-state index in [1.54, 1.807) is 4.90 Å². The zero-order valence-corrected chi connectivity index (χ0v) is 12.3. The number of aliphatic hydroxyl groups is 1. The minimum Gasteiger partial charge on any atom is -0.489 e. The van der Waals surface area contributed by atoms with Gasteiger partial charge in [-0.3, -0.25) is 4.79 Å². The summed E-state index contributed by atoms with van der Waals surface area (Å²) in [7, 11) is 0. The van der Waals surface area contributed by atoms with Crippen LogP contribution in [0.25, 0.3) is 0 Å². The number of hydrogen-bond donors (Lipinski definition) is 1. The van der Waals surface area contributed by atoms with Crippen molar-refractivity contribution in [1.82, 2.24) is 0 Å². The van der Waals surface area contributed by atoms with Crippen LogP contribution in [-0.4, -0.2) is 24.2 Å². The lowest BCUT2D eigenvalue weighted by Crippen LogP contribution is -2.24. The molecule has 114 valence electrons. The summed E-state index contributed by atoms with van der Waals surface area (Å²) in [4.78, 5) is 13.7. The van der Waals surface area contributed by atoms with Crippen LogP contribution in [0.5, 0.6) is 5.75 Å². The summed E-state index contributed by atoms with van der Waals surface area (Å²) in [5.41, 5.74) is 1.93. The predicted molar refractivity (Wildman–Crippen MR) is 84.8 cm³/mol. The van der Waals surface area contributed by atoms with Gasteiger partial charge < -0.3 is 14.7 Å². The summed E-state index contributed by atoms with van der Waals surface area (Å²) in [5.74, 6) is 0.822. The Bertz CT molecular complexity index is 642. The second kappa shape index (κ2) is 6.62. The number of carbonyl (C=O) groups excluding carboxylic acids is 1. The lowest BCUT2D eigenvalue weighted by atomic mass is 10.1. The molecule has 0 bridgehead atoms. The second-order valence-corrected chi connectivity index (χ2v) is 5.53. The smallest absolute Gasteiger partial charge is 0.227 e. The van der Waals surface area contributed by atoms with Gasteiger partial charge >= 0.3 is 0 Å². The van der Waals surface area contributed by atoms with E-state index in [2.05, 4.69) is 0 Å². The fourth-order valence-electron chi connectivity index (χ4n) is 2.64. The van der Waals surface area contributed by atoms with Gasteiger partial charge in [0, 0.05) is 37.2 Å². The molecule has 1 fully saturated rings. The van der Waals surface area contributed by atoms with Crippen molar-refractivity contribution in [3.8, 4) is 5.75 Å². The molecule has 1 aliphatic rings. The lowest BCUT2D eigenvalue weighted by molar-refractivity contribution is -0.117. The lowest BCUT2D eigenvalue weighted by Gasteiger charge is -2.17. The third kappa shape index (κ3) is 3.28. The van der Waals surface area contributed by atoms with Crippen molar-refractivity contribution in [2.75, 3.05) is 18.1 Å². The minimum atomic E-state index is 0.0291. The first kappa shape index (κ1) is 14.6. The number of carbonyl (C=O) groups is 1. The molecule has 22 heavy (non-hydrogen) atoms. The number of benzene rings is 2. The van der Waals surface area contributed by atoms with E-state index in [-0.39, 0.29) is 18.4 Å². The number of amides is 1. The maximum Gasteiger partial charge on any atom is 0.227 e. The summed E-state index contributed by atoms with van der Waals surface area (Å²) < 4.78 is 5.79. The first-order valence-electron chi connectivity index (χ1n) is 7.44. The molecule has 4 nitrogen and oxygen atoms in total. The van der Waals surface area contributed by atoms with E-state index < -0.39 is 0 Å². The van der Waals surface area contributed by atoms with Gasteiger partial charge in [-0.25, -0.2) is 0 Å². The Hall–Kier alpha value is -2.33. The van der Waals surface area contributed by atoms with Crippen LogP contribution in [-0.2, 0) is 11.4 Å². The highest BCUT2D eigenvalue weighted by molar-refractivity contribution is 5.95. The average molecular weight is 297 g/mol. The molecule has 1 heterocycles. The van der Waals surface area contributed by atoms with Crippen molar-refractivity contribution in [3.05, 3.63) is 60.2 Å². The van der Waals surface area contributed by atoms with Gasteiger partial charge in [0.25, 0.3) is 0 Å². The Kier molecular flexibility index (Phi) is 4.39. The highest BCUT2D eigenvalue weighted by Gasteiger charge is 2.30. The van der Waals surface area contributed by atoms with E-state index in [4.69, 9.17) is 4.74 Å². The van der Waals surface area contributed by atoms with Crippen LogP contribution < -0.4 is 9.64 Å². The van der Waals surface area contributed by atoms with Crippen molar-refractivity contribution in [2.24, 2.45) is 5.92 Å². The topological polar surface area (TPSA) is 49.8 Å². The van der Waals surface area contributed by atoms with Gasteiger partial charge in [0.1, 0.15) is 12.4 Å². The van der Waals surface area contributed by atoms with E-state index in [0.717, 1.165) is 17.0 Å². The first-order chi connectivity index (χ1) is 10.8. The Balaban J connectivity index is 1.69. The molecule has 1 aliphatic heterocycles. The minimum absolute atomic E-state index is 0.0291. The molecule has 1 saturated heterocycles. The third-order valence-electron chi connectivity index (χ3n) is 3.84. The number of rotatable bonds is 5. The summed E-state index contributed by atoms with van der Waals surface area (Å²) in [6.45, 7) is 1.11. The van der Waals surface area contributed by atoms with Gasteiger partial charge in [-0.15, -0.1) is 0 Å². The van der Waals surface area contributed by atoms with E-state index in [0.29, 0.717) is 19.6 Å². The predicted octanol–water partition coefficient (Wildman–Crippen LogP) is 2.61. The highest BCUT2D eigenvalue weighted by Crippen LogP contribution is 2.28. The molecule has 2 aromatic rings. The zero-order valence-electron chi connectivity index (χ0n) is 12.3. The fraction of sp³-hybridized carbons (Fsp3) is 0.278. The molecule has 0 saturated carbocycles. The van der Waals surface area contributed by atoms with Crippen LogP contribution in [0.15, 0.2) is 54.6 Å². The van der Waals surface area contributed by atoms with Crippen LogP contribution >= 0.6 is 0 Å². The van der Waals surface area contributed by atoms with E-state index in [1.807, 2.05) is 54.6 Å². The average Bonchev–Trinajstić information content (AvgIpc) is 2.95. The number of ether oxygens (including phenoxy) is 1. The van der Waals surface area contributed by atoms with E-state index in [9.17, 15) is 9.90 Å². The first-order valence-corrected chi connectivity index (χ1v) is 7.44. The Labute approximate surface area is 130 Å². The molecular formula is C18H19NO3. The molecule has 4 heteroatoms. The number of nitrogens with zero attached hydrogens (tertiary/aromatic N) is 1. The maximum atomic E-state index is 12.0. The van der Waals surface area contributed by atoms with Crippen molar-refractivity contribution >= 4 is 11.6 Å². The van der Waals surface area contributed by atoms with Gasteiger partial charge in [-0.05, 0) is 17.7 Å². The van der Waals surface area contributed by atoms with Crippen LogP contribution in [0.1, 0.15) is 12.0 Å². The van der Waals surface area contributed by atoms with Crippen LogP contribution in [0.2, 0.25) is 0 Å². The van der Waals surface area contributed by atoms with Crippen molar-refractivity contribution in [3.63, 3.8) is 0 Å². The second-order valence-electron chi connectivity index (χ2n) is 5.53. The molecule has 2 aromatic carbocycles. The van der Waals surface area contributed by atoms with Gasteiger partial charge in [-0.2, -0.15) is 0 Å². The van der Waals surface area contributed by atoms with Crippen molar-refractivity contribution in [1.29, 1.82) is 0 Å². The van der Waals surface area contributed by atoms with Gasteiger partial charge in [0.05, 0.1) is 0 Å². The quantitative estimate of drug-likeness (QED) is 0.923. The largest absolute Gasteiger partial charge is 0.489 e. The normalized spacial score (nSPS) is 17.8. The summed E-state index contributed by atoms with van der Waals surface area (Å²) >= 11 is 0. The van der Waals surface area contributed by atoms with Gasteiger partial charge in [-0.1, -0.05) is 36.4 Å². The van der Waals surface area contributed by atoms with Crippen LogP contribution in [0, 0.1) is 5.92 Å². The molecule has 1 atom stereocenters. The molecule has 0 aliphatic carbocycles. The molecular weight excluding hydrogens is 278 g/mol. The van der Waals surface area contributed by atoms with E-state index in [1.165, 1.54) is 0 Å². The maximum absolute atomic E-state index is 12.0. The van der Waals surface area contributed by atoms with E-state index >= 15 is 0 Å². The van der Waals surface area contributed by atoms with Gasteiger partial charge in [0.15, 0.2) is 0 Å². The molecule has 1 N–H and O–H groups in total. The highest BCUT2D eigenvalue weighted by atomic mass is 16.5. The molecule has 3 rings (SSSR count). The third-order valence-corrected chi connectivity index (χ3v) is 3.84. The van der Waals surface area contributed by atoms with Crippen LogP contribution in [0.3, 0.4) is 0 Å². The van der Waals surface area contributed by atoms with Crippen molar-refractivity contribution < 1.29 is 14.6 Å². The number of aliphatic hydroxyl groups excluding tert-OH is 1. The monoisotopic (exact) mass is 297 g/mol. The summed E-state index contributed by atoms with van der Waals surface area (Å²) in [6, 6.07) is 17.5. The summed E-state index contributed by atoms with van der Waals surface area (Å²) in [6.07, 6.45) is 0.408. The standard InChI is InChI=1S/C18H19NO3/c20-12-15-9-18(21)19(11-15)16-7-4-8-17(10-16)22-13-14-5-2-1-3-6-14/h1-8,10,15,20H,9,11-13H2. The Morgan fingerprint density at radius 2 is 1.95 bits per heavy atom. The fourth-order valence-corrected chi connectivity index (χ4v) is 2.64. The Morgan fingerprint density at radius 3 is 2.68 bits per heavy atom. The number of hydrogen-bond acceptors (Lipinski definition) is 3.